The third-order valence-electron chi connectivity index (χ3n) is 5.00. The van der Waals surface area contributed by atoms with Crippen LogP contribution in [0, 0.1) is 0 Å². The van der Waals surface area contributed by atoms with Crippen molar-refractivity contribution in [3.63, 3.8) is 0 Å². The molecule has 3 atom stereocenters. The first kappa shape index (κ1) is 20.4. The van der Waals surface area contributed by atoms with E-state index in [1.807, 2.05) is 0 Å². The zero-order valence-corrected chi connectivity index (χ0v) is 16.7. The Bertz CT molecular complexity index is 1050. The van der Waals surface area contributed by atoms with Crippen LogP contribution in [0.3, 0.4) is 0 Å². The Morgan fingerprint density at radius 2 is 2.17 bits per heavy atom. The summed E-state index contributed by atoms with van der Waals surface area (Å²) in [6.07, 6.45) is -4.29. The van der Waals surface area contributed by atoms with Gasteiger partial charge in [-0.3, -0.25) is 4.79 Å². The van der Waals surface area contributed by atoms with Crippen LogP contribution in [-0.2, 0) is 0 Å². The van der Waals surface area contributed by atoms with E-state index in [0.717, 1.165) is 15.8 Å². The monoisotopic (exact) mass is 436 g/mol. The van der Waals surface area contributed by atoms with Crippen LogP contribution in [0.15, 0.2) is 48.0 Å². The average molecular weight is 436 g/mol. The van der Waals surface area contributed by atoms with Crippen molar-refractivity contribution in [1.29, 1.82) is 0 Å². The van der Waals surface area contributed by atoms with Gasteiger partial charge in [0.05, 0.1) is 18.3 Å². The number of hydrogen-bond donors (Lipinski definition) is 3. The van der Waals surface area contributed by atoms with Crippen LogP contribution in [0.1, 0.15) is 52.3 Å². The van der Waals surface area contributed by atoms with E-state index < -0.39 is 30.3 Å². The summed E-state index contributed by atoms with van der Waals surface area (Å²) in [4.78, 5) is 13.6. The number of aliphatic hydroxyl groups excluding tert-OH is 1. The Morgan fingerprint density at radius 3 is 2.83 bits per heavy atom. The molecule has 0 fully saturated rings. The van der Waals surface area contributed by atoms with Crippen LogP contribution < -0.4 is 10.6 Å². The van der Waals surface area contributed by atoms with Gasteiger partial charge in [0, 0.05) is 17.0 Å². The quantitative estimate of drug-likeness (QED) is 0.543. The van der Waals surface area contributed by atoms with E-state index in [0.29, 0.717) is 11.3 Å². The number of nitrogens with one attached hydrogen (secondary N) is 2. The summed E-state index contributed by atoms with van der Waals surface area (Å²) >= 11 is 1.36. The van der Waals surface area contributed by atoms with Gasteiger partial charge in [-0.15, -0.1) is 11.3 Å². The van der Waals surface area contributed by atoms with Gasteiger partial charge in [0.1, 0.15) is 11.4 Å². The van der Waals surface area contributed by atoms with Gasteiger partial charge in [0.15, 0.2) is 6.04 Å². The molecule has 0 saturated heterocycles. The molecule has 0 radical (unpaired) electrons. The highest BCUT2D eigenvalue weighted by atomic mass is 32.1. The highest BCUT2D eigenvalue weighted by Gasteiger charge is 2.47. The average Bonchev–Trinajstić information content (AvgIpc) is 3.36. The smallest absolute Gasteiger partial charge is 0.389 e. The lowest BCUT2D eigenvalue weighted by Gasteiger charge is -2.33. The van der Waals surface area contributed by atoms with Crippen molar-refractivity contribution >= 4 is 28.7 Å². The number of rotatable bonds is 4. The Labute approximate surface area is 174 Å². The van der Waals surface area contributed by atoms with Gasteiger partial charge in [-0.05, 0) is 36.1 Å². The highest BCUT2D eigenvalue weighted by molar-refractivity contribution is 7.10. The van der Waals surface area contributed by atoms with Crippen LogP contribution >= 0.6 is 11.3 Å². The molecule has 0 bridgehead atoms. The fourth-order valence-electron chi connectivity index (χ4n) is 3.48. The van der Waals surface area contributed by atoms with Crippen molar-refractivity contribution in [2.75, 3.05) is 10.6 Å². The van der Waals surface area contributed by atoms with E-state index >= 15 is 0 Å². The van der Waals surface area contributed by atoms with E-state index in [1.54, 1.807) is 48.7 Å². The summed E-state index contributed by atoms with van der Waals surface area (Å²) in [6.45, 7) is 1.60. The van der Waals surface area contributed by atoms with Crippen LogP contribution in [0.4, 0.5) is 24.7 Å². The molecule has 1 amide bonds. The minimum atomic E-state index is -4.50. The summed E-state index contributed by atoms with van der Waals surface area (Å²) < 4.78 is 41.9. The minimum absolute atomic E-state index is 0.0213. The number of fused-ring (bicyclic) bond motifs is 1. The minimum Gasteiger partial charge on any atom is -0.389 e. The molecule has 4 rings (SSSR count). The van der Waals surface area contributed by atoms with Gasteiger partial charge in [-0.1, -0.05) is 18.2 Å². The number of aliphatic hydroxyl groups is 1. The number of thiophene rings is 1. The maximum atomic E-state index is 13.7. The lowest BCUT2D eigenvalue weighted by Crippen LogP contribution is -2.36. The van der Waals surface area contributed by atoms with Gasteiger partial charge in [0.2, 0.25) is 0 Å². The van der Waals surface area contributed by atoms with Crippen LogP contribution in [0.25, 0.3) is 0 Å². The summed E-state index contributed by atoms with van der Waals surface area (Å²) in [7, 11) is 0. The predicted octanol–water partition coefficient (Wildman–Crippen LogP) is 4.91. The van der Waals surface area contributed by atoms with E-state index in [-0.39, 0.29) is 17.8 Å². The number of alkyl halides is 3. The van der Waals surface area contributed by atoms with Crippen molar-refractivity contribution in [3.05, 3.63) is 64.0 Å². The number of amides is 1. The van der Waals surface area contributed by atoms with Crippen molar-refractivity contribution in [3.8, 4) is 0 Å². The van der Waals surface area contributed by atoms with Crippen molar-refractivity contribution in [2.24, 2.45) is 0 Å². The Balaban J connectivity index is 1.66. The zero-order chi connectivity index (χ0) is 21.5. The molecular formula is C20H19F3N4O2S. The largest absolute Gasteiger partial charge is 0.410 e. The van der Waals surface area contributed by atoms with Crippen molar-refractivity contribution in [2.45, 2.75) is 37.7 Å². The molecular weight excluding hydrogens is 417 g/mol. The summed E-state index contributed by atoms with van der Waals surface area (Å²) in [6, 6.07) is 7.77. The molecule has 1 aliphatic rings. The standard InChI is InChI=1S/C20H19F3N4O2S/c1-11(28)12-4-2-5-13(8-12)25-19(29)14-10-24-27-17(20(21,22)23)9-15(26-18(14)27)16-6-3-7-30-16/h2-8,10-11,15,17,26,28H,9H2,1H3,(H,25,29)/t11?,15-,17+/m1/s1. The molecule has 3 aromatic rings. The molecule has 6 nitrogen and oxygen atoms in total. The Hall–Kier alpha value is -2.85. The number of carbonyl (C=O) groups is 1. The summed E-state index contributed by atoms with van der Waals surface area (Å²) in [5.74, 6) is -0.551. The Kier molecular flexibility index (Phi) is 5.29. The fourth-order valence-corrected chi connectivity index (χ4v) is 4.27. The van der Waals surface area contributed by atoms with Crippen LogP contribution in [0.2, 0.25) is 0 Å². The second-order valence-electron chi connectivity index (χ2n) is 7.11. The molecule has 0 spiro atoms. The van der Waals surface area contributed by atoms with Crippen molar-refractivity contribution in [1.82, 2.24) is 9.78 Å². The number of halogens is 3. The molecule has 10 heteroatoms. The maximum Gasteiger partial charge on any atom is 0.410 e. The molecule has 0 aliphatic carbocycles. The van der Waals surface area contributed by atoms with Gasteiger partial charge in [0.25, 0.3) is 5.91 Å². The number of anilines is 2. The zero-order valence-electron chi connectivity index (χ0n) is 15.8. The molecule has 0 saturated carbocycles. The lowest BCUT2D eigenvalue weighted by molar-refractivity contribution is -0.173. The molecule has 1 aliphatic heterocycles. The van der Waals surface area contributed by atoms with E-state index in [2.05, 4.69) is 15.7 Å². The predicted molar refractivity (Wildman–Crippen MR) is 108 cm³/mol. The number of aromatic nitrogens is 2. The van der Waals surface area contributed by atoms with E-state index in [9.17, 15) is 23.1 Å². The SMILES string of the molecule is CC(O)c1cccc(NC(=O)c2cnn3c2N[C@@H](c2cccs2)C[C@H]3C(F)(F)F)c1. The summed E-state index contributed by atoms with van der Waals surface area (Å²) in [5.41, 5.74) is 1.06. The fraction of sp³-hybridized carbons (Fsp3) is 0.300. The second kappa shape index (κ2) is 7.77. The summed E-state index contributed by atoms with van der Waals surface area (Å²) in [5, 5.41) is 21.1. The van der Waals surface area contributed by atoms with Gasteiger partial charge in [-0.2, -0.15) is 18.3 Å². The topological polar surface area (TPSA) is 79.2 Å². The molecule has 2 aromatic heterocycles. The lowest BCUT2D eigenvalue weighted by atomic mass is 10.0. The molecule has 1 unspecified atom stereocenters. The van der Waals surface area contributed by atoms with E-state index in [1.165, 1.54) is 11.3 Å². The molecule has 1 aromatic carbocycles. The number of nitrogens with zero attached hydrogens (tertiary/aromatic N) is 2. The Morgan fingerprint density at radius 1 is 1.37 bits per heavy atom. The highest BCUT2D eigenvalue weighted by Crippen LogP contribution is 2.45. The molecule has 3 N–H and O–H groups in total. The number of carbonyl (C=O) groups excluding carboxylic acids is 1. The first-order valence-electron chi connectivity index (χ1n) is 9.27. The molecule has 158 valence electrons. The third kappa shape index (κ3) is 3.92. The van der Waals surface area contributed by atoms with Gasteiger partial charge >= 0.3 is 6.18 Å². The first-order chi connectivity index (χ1) is 14.2. The van der Waals surface area contributed by atoms with Gasteiger partial charge < -0.3 is 15.7 Å². The third-order valence-corrected chi connectivity index (χ3v) is 5.98. The molecule has 30 heavy (non-hydrogen) atoms. The number of hydrogen-bond acceptors (Lipinski definition) is 5. The normalized spacial score (nSPS) is 19.6. The van der Waals surface area contributed by atoms with E-state index in [4.69, 9.17) is 0 Å². The van der Waals surface area contributed by atoms with Crippen molar-refractivity contribution < 1.29 is 23.1 Å². The first-order valence-corrected chi connectivity index (χ1v) is 10.2. The number of benzene rings is 1. The maximum absolute atomic E-state index is 13.7. The van der Waals surface area contributed by atoms with Crippen LogP contribution in [-0.4, -0.2) is 27.0 Å². The van der Waals surface area contributed by atoms with Gasteiger partial charge in [-0.25, -0.2) is 4.68 Å². The van der Waals surface area contributed by atoms with Crippen LogP contribution in [0.5, 0.6) is 0 Å². The molecule has 3 heterocycles. The second-order valence-corrected chi connectivity index (χ2v) is 8.09.